The zero-order valence-corrected chi connectivity index (χ0v) is 11.7. The Morgan fingerprint density at radius 3 is 2.74 bits per heavy atom. The molecule has 0 aliphatic carbocycles. The van der Waals surface area contributed by atoms with Crippen LogP contribution in [0.5, 0.6) is 0 Å². The largest absolute Gasteiger partial charge is 0.478 e. The Bertz CT molecular complexity index is 560. The molecule has 0 bridgehead atoms. The number of hydrogen-bond donors (Lipinski definition) is 2. The second kappa shape index (κ2) is 6.49. The van der Waals surface area contributed by atoms with Crippen molar-refractivity contribution < 1.29 is 14.7 Å². The average Bonchev–Trinajstić information content (AvgIpc) is 2.99. The molecule has 2 rings (SSSR count). The van der Waals surface area contributed by atoms with Crippen LogP contribution in [0.4, 0.5) is 5.00 Å². The summed E-state index contributed by atoms with van der Waals surface area (Å²) in [5, 5.41) is 15.7. The molecule has 0 aromatic carbocycles. The van der Waals surface area contributed by atoms with E-state index in [0.29, 0.717) is 11.4 Å². The summed E-state index contributed by atoms with van der Waals surface area (Å²) < 4.78 is 0. The van der Waals surface area contributed by atoms with Crippen LogP contribution in [0.3, 0.4) is 0 Å². The van der Waals surface area contributed by atoms with Crippen LogP contribution in [0, 0.1) is 0 Å². The maximum absolute atomic E-state index is 11.7. The van der Waals surface area contributed by atoms with Crippen molar-refractivity contribution in [3.05, 3.63) is 39.4 Å². The summed E-state index contributed by atoms with van der Waals surface area (Å²) in [6, 6.07) is 5.53. The Balaban J connectivity index is 1.81. The first-order chi connectivity index (χ1) is 9.16. The molecule has 0 spiro atoms. The average molecular weight is 295 g/mol. The summed E-state index contributed by atoms with van der Waals surface area (Å²) >= 11 is 2.91. The normalized spacial score (nSPS) is 10.3. The highest BCUT2D eigenvalue weighted by molar-refractivity contribution is 7.14. The molecule has 0 unspecified atom stereocenters. The molecule has 2 aromatic heterocycles. The first-order valence-electron chi connectivity index (χ1n) is 5.80. The summed E-state index contributed by atoms with van der Waals surface area (Å²) in [6.45, 7) is 0. The predicted octanol–water partition coefficient (Wildman–Crippen LogP) is 3.47. The van der Waals surface area contributed by atoms with Crippen LogP contribution in [0.25, 0.3) is 0 Å². The second-order valence-corrected chi connectivity index (χ2v) is 5.90. The maximum Gasteiger partial charge on any atom is 0.338 e. The standard InChI is InChI=1S/C13H13NO3S2/c15-11(5-1-3-9-4-2-7-18-9)14-12-10(13(16)17)6-8-19-12/h2,4,6-8H,1,3,5H2,(H,14,15)(H,16,17). The van der Waals surface area contributed by atoms with Gasteiger partial charge in [-0.05, 0) is 35.7 Å². The predicted molar refractivity (Wildman–Crippen MR) is 77.2 cm³/mol. The number of hydrogen-bond acceptors (Lipinski definition) is 4. The summed E-state index contributed by atoms with van der Waals surface area (Å²) in [7, 11) is 0. The highest BCUT2D eigenvalue weighted by atomic mass is 32.1. The van der Waals surface area contributed by atoms with Crippen LogP contribution in [0.15, 0.2) is 29.0 Å². The minimum absolute atomic E-state index is 0.137. The van der Waals surface area contributed by atoms with Crippen LogP contribution >= 0.6 is 22.7 Å². The van der Waals surface area contributed by atoms with Gasteiger partial charge in [-0.25, -0.2) is 4.79 Å². The maximum atomic E-state index is 11.7. The Kier molecular flexibility index (Phi) is 4.70. The molecule has 0 aliphatic heterocycles. The molecule has 6 heteroatoms. The van der Waals surface area contributed by atoms with Crippen LogP contribution in [-0.4, -0.2) is 17.0 Å². The lowest BCUT2D eigenvalue weighted by atomic mass is 10.2. The van der Waals surface area contributed by atoms with Gasteiger partial charge in [0.05, 0.1) is 5.56 Å². The summed E-state index contributed by atoms with van der Waals surface area (Å²) in [5.41, 5.74) is 0.150. The number of aryl methyl sites for hydroxylation is 1. The fourth-order valence-corrected chi connectivity index (χ4v) is 3.19. The number of carbonyl (C=O) groups excluding carboxylic acids is 1. The third kappa shape index (κ3) is 3.90. The number of carboxylic acid groups (broad SMARTS) is 1. The van der Waals surface area contributed by atoms with Gasteiger partial charge in [-0.1, -0.05) is 6.07 Å². The molecule has 2 N–H and O–H groups in total. The molecule has 2 heterocycles. The van der Waals surface area contributed by atoms with Gasteiger partial charge in [0.1, 0.15) is 5.00 Å². The fourth-order valence-electron chi connectivity index (χ4n) is 1.64. The fraction of sp³-hybridized carbons (Fsp3) is 0.231. The van der Waals surface area contributed by atoms with E-state index < -0.39 is 5.97 Å². The quantitative estimate of drug-likeness (QED) is 0.857. The molecule has 1 amide bonds. The van der Waals surface area contributed by atoms with Crippen LogP contribution < -0.4 is 5.32 Å². The highest BCUT2D eigenvalue weighted by Crippen LogP contribution is 2.23. The SMILES string of the molecule is O=C(CCCc1cccs1)Nc1sccc1C(=O)O. The van der Waals surface area contributed by atoms with E-state index in [9.17, 15) is 9.59 Å². The lowest BCUT2D eigenvalue weighted by Crippen LogP contribution is -2.12. The lowest BCUT2D eigenvalue weighted by Gasteiger charge is -2.03. The molecular formula is C13H13NO3S2. The molecule has 4 nitrogen and oxygen atoms in total. The number of nitrogens with one attached hydrogen (secondary N) is 1. The topological polar surface area (TPSA) is 66.4 Å². The zero-order chi connectivity index (χ0) is 13.7. The van der Waals surface area contributed by atoms with Crippen molar-refractivity contribution in [1.29, 1.82) is 0 Å². The summed E-state index contributed by atoms with van der Waals surface area (Å²) in [5.74, 6) is -1.16. The van der Waals surface area contributed by atoms with Gasteiger partial charge in [-0.3, -0.25) is 4.79 Å². The molecule has 0 aliphatic rings. The molecule has 100 valence electrons. The number of amides is 1. The third-order valence-corrected chi connectivity index (χ3v) is 4.32. The van der Waals surface area contributed by atoms with E-state index in [1.807, 2.05) is 17.5 Å². The minimum Gasteiger partial charge on any atom is -0.478 e. The number of carboxylic acids is 1. The first-order valence-corrected chi connectivity index (χ1v) is 7.56. The van der Waals surface area contributed by atoms with Crippen molar-refractivity contribution in [3.63, 3.8) is 0 Å². The van der Waals surface area contributed by atoms with E-state index >= 15 is 0 Å². The summed E-state index contributed by atoms with van der Waals surface area (Å²) in [6.07, 6.45) is 2.04. The zero-order valence-electron chi connectivity index (χ0n) is 10.1. The number of thiophene rings is 2. The van der Waals surface area contributed by atoms with Gasteiger partial charge in [-0.2, -0.15) is 0 Å². The van der Waals surface area contributed by atoms with Crippen LogP contribution in [0.2, 0.25) is 0 Å². The van der Waals surface area contributed by atoms with Crippen molar-refractivity contribution in [2.24, 2.45) is 0 Å². The van der Waals surface area contributed by atoms with E-state index in [2.05, 4.69) is 5.32 Å². The van der Waals surface area contributed by atoms with Crippen molar-refractivity contribution >= 4 is 39.6 Å². The van der Waals surface area contributed by atoms with Crippen molar-refractivity contribution in [3.8, 4) is 0 Å². The van der Waals surface area contributed by atoms with Gasteiger partial charge in [0, 0.05) is 11.3 Å². The number of anilines is 1. The molecule has 0 atom stereocenters. The molecule has 0 radical (unpaired) electrons. The van der Waals surface area contributed by atoms with E-state index in [1.165, 1.54) is 22.3 Å². The molecular weight excluding hydrogens is 282 g/mol. The first kappa shape index (κ1) is 13.8. The second-order valence-electron chi connectivity index (χ2n) is 3.95. The van der Waals surface area contributed by atoms with Gasteiger partial charge >= 0.3 is 5.97 Å². The Morgan fingerprint density at radius 1 is 1.21 bits per heavy atom. The van der Waals surface area contributed by atoms with E-state index in [4.69, 9.17) is 5.11 Å². The molecule has 19 heavy (non-hydrogen) atoms. The smallest absolute Gasteiger partial charge is 0.338 e. The number of rotatable bonds is 6. The van der Waals surface area contributed by atoms with Gasteiger partial charge in [0.15, 0.2) is 0 Å². The number of carbonyl (C=O) groups is 2. The Morgan fingerprint density at radius 2 is 2.05 bits per heavy atom. The highest BCUT2D eigenvalue weighted by Gasteiger charge is 2.13. The summed E-state index contributed by atoms with van der Waals surface area (Å²) in [4.78, 5) is 23.9. The van der Waals surface area contributed by atoms with Gasteiger partial charge in [-0.15, -0.1) is 22.7 Å². The van der Waals surface area contributed by atoms with E-state index in [0.717, 1.165) is 12.8 Å². The molecule has 0 saturated carbocycles. The third-order valence-electron chi connectivity index (χ3n) is 2.56. The monoisotopic (exact) mass is 295 g/mol. The Labute approximate surface area is 118 Å². The van der Waals surface area contributed by atoms with Gasteiger partial charge in [0.25, 0.3) is 0 Å². The van der Waals surface area contributed by atoms with Crippen molar-refractivity contribution in [2.75, 3.05) is 5.32 Å². The van der Waals surface area contributed by atoms with Crippen LogP contribution in [-0.2, 0) is 11.2 Å². The van der Waals surface area contributed by atoms with E-state index in [-0.39, 0.29) is 11.5 Å². The van der Waals surface area contributed by atoms with Gasteiger partial charge in [0.2, 0.25) is 5.91 Å². The molecule has 0 fully saturated rings. The van der Waals surface area contributed by atoms with E-state index in [1.54, 1.807) is 16.7 Å². The molecule has 2 aromatic rings. The lowest BCUT2D eigenvalue weighted by molar-refractivity contribution is -0.116. The van der Waals surface area contributed by atoms with Crippen LogP contribution in [0.1, 0.15) is 28.1 Å². The minimum atomic E-state index is -1.02. The van der Waals surface area contributed by atoms with Gasteiger partial charge < -0.3 is 10.4 Å². The van der Waals surface area contributed by atoms with Crippen molar-refractivity contribution in [1.82, 2.24) is 0 Å². The number of aromatic carboxylic acids is 1. The molecule has 0 saturated heterocycles. The van der Waals surface area contributed by atoms with Crippen molar-refractivity contribution in [2.45, 2.75) is 19.3 Å². The Hall–Kier alpha value is -1.66.